The van der Waals surface area contributed by atoms with Gasteiger partial charge < -0.3 is 9.05 Å². The molecular formula is C11H18N3O5P. The van der Waals surface area contributed by atoms with E-state index >= 15 is 0 Å². The molecule has 112 valence electrons. The van der Waals surface area contributed by atoms with Crippen LogP contribution in [0.15, 0.2) is 27.9 Å². The standard InChI is InChI=1S/C11H18N3O5P/c1-3-18-20(17,19-4-2)8-6-5-7-14-11(16)13-10(15)9-12-14/h5-6,9H,3-4,7-8H2,1-2H3,(H,13,15,16)/b6-5+. The smallest absolute Gasteiger partial charge is 0.309 e. The van der Waals surface area contributed by atoms with E-state index in [1.54, 1.807) is 26.0 Å². The minimum absolute atomic E-state index is 0.118. The highest BCUT2D eigenvalue weighted by atomic mass is 31.2. The minimum Gasteiger partial charge on any atom is -0.309 e. The fourth-order valence-electron chi connectivity index (χ4n) is 1.42. The predicted octanol–water partition coefficient (Wildman–Crippen LogP) is 0.754. The average Bonchev–Trinajstić information content (AvgIpc) is 2.37. The Balaban J connectivity index is 2.62. The van der Waals surface area contributed by atoms with Crippen molar-refractivity contribution in [3.63, 3.8) is 0 Å². The van der Waals surface area contributed by atoms with Gasteiger partial charge in [0, 0.05) is 0 Å². The van der Waals surface area contributed by atoms with Crippen LogP contribution < -0.4 is 11.2 Å². The molecule has 1 rings (SSSR count). The maximum absolute atomic E-state index is 12.1. The molecule has 0 unspecified atom stereocenters. The Hall–Kier alpha value is -1.50. The van der Waals surface area contributed by atoms with Gasteiger partial charge in [0.1, 0.15) is 6.20 Å². The molecule has 1 aromatic heterocycles. The van der Waals surface area contributed by atoms with Crippen LogP contribution in [0.3, 0.4) is 0 Å². The second-order valence-corrected chi connectivity index (χ2v) is 5.82. The van der Waals surface area contributed by atoms with E-state index in [9.17, 15) is 14.2 Å². The van der Waals surface area contributed by atoms with Crippen LogP contribution >= 0.6 is 7.60 Å². The maximum Gasteiger partial charge on any atom is 0.345 e. The Morgan fingerprint density at radius 2 is 1.95 bits per heavy atom. The Morgan fingerprint density at radius 1 is 1.30 bits per heavy atom. The Labute approximate surface area is 116 Å². The van der Waals surface area contributed by atoms with Crippen molar-refractivity contribution in [3.8, 4) is 0 Å². The van der Waals surface area contributed by atoms with Crippen molar-refractivity contribution in [1.29, 1.82) is 0 Å². The van der Waals surface area contributed by atoms with Gasteiger partial charge in [0.05, 0.1) is 25.9 Å². The summed E-state index contributed by atoms with van der Waals surface area (Å²) >= 11 is 0. The number of hydrogen-bond acceptors (Lipinski definition) is 6. The van der Waals surface area contributed by atoms with Crippen LogP contribution in [-0.2, 0) is 20.2 Å². The van der Waals surface area contributed by atoms with Gasteiger partial charge in [0.25, 0.3) is 5.56 Å². The van der Waals surface area contributed by atoms with Gasteiger partial charge in [-0.05, 0) is 13.8 Å². The van der Waals surface area contributed by atoms with Gasteiger partial charge in [0.2, 0.25) is 0 Å². The molecule has 0 aliphatic rings. The molecule has 0 atom stereocenters. The van der Waals surface area contributed by atoms with E-state index in [1.165, 1.54) is 0 Å². The van der Waals surface area contributed by atoms with Gasteiger partial charge in [-0.3, -0.25) is 14.3 Å². The largest absolute Gasteiger partial charge is 0.345 e. The van der Waals surface area contributed by atoms with Crippen molar-refractivity contribution < 1.29 is 13.6 Å². The van der Waals surface area contributed by atoms with Gasteiger partial charge >= 0.3 is 13.3 Å². The molecule has 0 aromatic carbocycles. The normalized spacial score (nSPS) is 12.1. The van der Waals surface area contributed by atoms with Crippen molar-refractivity contribution in [2.24, 2.45) is 0 Å². The summed E-state index contributed by atoms with van der Waals surface area (Å²) < 4.78 is 23.4. The average molecular weight is 303 g/mol. The first kappa shape index (κ1) is 16.6. The highest BCUT2D eigenvalue weighted by molar-refractivity contribution is 7.54. The van der Waals surface area contributed by atoms with E-state index in [0.29, 0.717) is 13.2 Å². The summed E-state index contributed by atoms with van der Waals surface area (Å²) in [7, 11) is -3.11. The van der Waals surface area contributed by atoms with Crippen molar-refractivity contribution in [2.75, 3.05) is 19.4 Å². The molecule has 9 heteroatoms. The lowest BCUT2D eigenvalue weighted by Crippen LogP contribution is -2.31. The van der Waals surface area contributed by atoms with Crippen molar-refractivity contribution in [1.82, 2.24) is 14.8 Å². The predicted molar refractivity (Wildman–Crippen MR) is 74.0 cm³/mol. The fraction of sp³-hybridized carbons (Fsp3) is 0.545. The molecule has 0 fully saturated rings. The molecule has 0 bridgehead atoms. The Kier molecular flexibility index (Phi) is 6.57. The molecule has 20 heavy (non-hydrogen) atoms. The molecule has 0 saturated carbocycles. The van der Waals surface area contributed by atoms with Gasteiger partial charge in [-0.25, -0.2) is 9.48 Å². The second-order valence-electron chi connectivity index (χ2n) is 3.72. The van der Waals surface area contributed by atoms with Crippen LogP contribution in [0.1, 0.15) is 13.8 Å². The summed E-state index contributed by atoms with van der Waals surface area (Å²) in [6, 6.07) is 0. The van der Waals surface area contributed by atoms with Gasteiger partial charge in [-0.1, -0.05) is 12.2 Å². The van der Waals surface area contributed by atoms with E-state index in [0.717, 1.165) is 10.9 Å². The van der Waals surface area contributed by atoms with E-state index in [1.807, 2.05) is 0 Å². The molecule has 0 radical (unpaired) electrons. The van der Waals surface area contributed by atoms with Crippen LogP contribution in [0, 0.1) is 0 Å². The number of rotatable bonds is 8. The molecule has 8 nitrogen and oxygen atoms in total. The fourth-order valence-corrected chi connectivity index (χ4v) is 2.90. The second kappa shape index (κ2) is 7.94. The lowest BCUT2D eigenvalue weighted by molar-refractivity contribution is 0.222. The Morgan fingerprint density at radius 3 is 2.50 bits per heavy atom. The minimum atomic E-state index is -3.11. The van der Waals surface area contributed by atoms with Crippen molar-refractivity contribution in [2.45, 2.75) is 20.4 Å². The molecule has 0 amide bonds. The van der Waals surface area contributed by atoms with E-state index in [2.05, 4.69) is 10.1 Å². The van der Waals surface area contributed by atoms with Gasteiger partial charge in [-0.2, -0.15) is 5.10 Å². The summed E-state index contributed by atoms with van der Waals surface area (Å²) in [6.45, 7) is 4.23. The third-order valence-electron chi connectivity index (χ3n) is 2.20. The molecule has 1 N–H and O–H groups in total. The van der Waals surface area contributed by atoms with Crippen LogP contribution in [-0.4, -0.2) is 34.1 Å². The van der Waals surface area contributed by atoms with Crippen molar-refractivity contribution >= 4 is 7.60 Å². The third-order valence-corrected chi connectivity index (χ3v) is 4.17. The summed E-state index contributed by atoms with van der Waals surface area (Å²) in [5.41, 5.74) is -1.15. The van der Waals surface area contributed by atoms with Crippen molar-refractivity contribution in [3.05, 3.63) is 39.2 Å². The Bertz CT molecular complexity index is 597. The highest BCUT2D eigenvalue weighted by Gasteiger charge is 2.20. The van der Waals surface area contributed by atoms with E-state index in [4.69, 9.17) is 9.05 Å². The zero-order chi connectivity index (χ0) is 15.0. The third kappa shape index (κ3) is 5.24. The first-order chi connectivity index (χ1) is 9.50. The number of allylic oxidation sites excluding steroid dienone is 2. The van der Waals surface area contributed by atoms with Crippen LogP contribution in [0.25, 0.3) is 0 Å². The first-order valence-electron chi connectivity index (χ1n) is 6.20. The number of nitrogens with zero attached hydrogens (tertiary/aromatic N) is 2. The first-order valence-corrected chi connectivity index (χ1v) is 7.93. The van der Waals surface area contributed by atoms with Crippen LogP contribution in [0.2, 0.25) is 0 Å². The van der Waals surface area contributed by atoms with Gasteiger partial charge in [-0.15, -0.1) is 0 Å². The molecular weight excluding hydrogens is 285 g/mol. The zero-order valence-corrected chi connectivity index (χ0v) is 12.3. The molecule has 0 spiro atoms. The monoisotopic (exact) mass is 303 g/mol. The number of nitrogens with one attached hydrogen (secondary N) is 1. The quantitative estimate of drug-likeness (QED) is 0.561. The lowest BCUT2D eigenvalue weighted by atomic mass is 10.5. The molecule has 1 heterocycles. The highest BCUT2D eigenvalue weighted by Crippen LogP contribution is 2.47. The molecule has 0 aliphatic heterocycles. The zero-order valence-electron chi connectivity index (χ0n) is 11.4. The topological polar surface area (TPSA) is 103 Å². The molecule has 1 aromatic rings. The van der Waals surface area contributed by atoms with Crippen LogP contribution in [0.5, 0.6) is 0 Å². The number of aromatic nitrogens is 3. The number of hydrogen-bond donors (Lipinski definition) is 1. The molecule has 0 saturated heterocycles. The number of aromatic amines is 1. The van der Waals surface area contributed by atoms with E-state index < -0.39 is 18.8 Å². The summed E-state index contributed by atoms with van der Waals surface area (Å²) in [6.07, 6.45) is 4.34. The number of H-pyrrole nitrogens is 1. The summed E-state index contributed by atoms with van der Waals surface area (Å²) in [5, 5.41) is 3.66. The molecule has 0 aliphatic carbocycles. The maximum atomic E-state index is 12.1. The summed E-state index contributed by atoms with van der Waals surface area (Å²) in [4.78, 5) is 24.3. The lowest BCUT2D eigenvalue weighted by Gasteiger charge is -2.14. The summed E-state index contributed by atoms with van der Waals surface area (Å²) in [5.74, 6) is 0. The van der Waals surface area contributed by atoms with Crippen LogP contribution in [0.4, 0.5) is 0 Å². The SMILES string of the molecule is CCOP(=O)(C/C=C/Cn1ncc(=O)[nH]c1=O)OCC. The van der Waals surface area contributed by atoms with Gasteiger partial charge in [0.15, 0.2) is 0 Å². The van der Waals surface area contributed by atoms with E-state index in [-0.39, 0.29) is 12.7 Å².